The van der Waals surface area contributed by atoms with Crippen LogP contribution in [0.25, 0.3) is 22.4 Å². The zero-order valence-corrected chi connectivity index (χ0v) is 15.6. The van der Waals surface area contributed by atoms with Crippen molar-refractivity contribution in [1.29, 1.82) is 0 Å². The Morgan fingerprint density at radius 3 is 2.30 bits per heavy atom. The van der Waals surface area contributed by atoms with Crippen molar-refractivity contribution in [3.63, 3.8) is 0 Å². The Bertz CT molecular complexity index is 1030. The van der Waals surface area contributed by atoms with E-state index in [-0.39, 0.29) is 0 Å². The van der Waals surface area contributed by atoms with Crippen LogP contribution in [0, 0.1) is 6.92 Å². The molecule has 4 heteroatoms. The molecule has 136 valence electrons. The number of rotatable bonds is 6. The molecule has 0 saturated heterocycles. The molecule has 1 heterocycles. The van der Waals surface area contributed by atoms with E-state index in [9.17, 15) is 0 Å². The van der Waals surface area contributed by atoms with E-state index in [4.69, 9.17) is 14.5 Å². The van der Waals surface area contributed by atoms with Crippen molar-refractivity contribution in [2.75, 3.05) is 13.7 Å². The molecule has 3 aromatic carbocycles. The molecule has 0 spiro atoms. The monoisotopic (exact) mass is 358 g/mol. The minimum atomic E-state index is 0.576. The maximum atomic E-state index is 5.94. The molecule has 0 bridgehead atoms. The van der Waals surface area contributed by atoms with E-state index < -0.39 is 0 Å². The van der Waals surface area contributed by atoms with E-state index in [2.05, 4.69) is 29.7 Å². The number of para-hydroxylation sites is 2. The fourth-order valence-electron chi connectivity index (χ4n) is 3.15. The van der Waals surface area contributed by atoms with Crippen LogP contribution in [0.5, 0.6) is 11.5 Å². The van der Waals surface area contributed by atoms with E-state index in [0.717, 1.165) is 40.5 Å². The zero-order chi connectivity index (χ0) is 18.6. The Morgan fingerprint density at radius 2 is 1.56 bits per heavy atom. The van der Waals surface area contributed by atoms with Gasteiger partial charge in [0.1, 0.15) is 23.9 Å². The molecular formula is C23H22N2O2. The molecule has 0 aliphatic rings. The summed E-state index contributed by atoms with van der Waals surface area (Å²) in [4.78, 5) is 4.84. The van der Waals surface area contributed by atoms with Gasteiger partial charge in [-0.25, -0.2) is 4.98 Å². The number of methoxy groups -OCH3 is 1. The Labute approximate surface area is 159 Å². The number of benzene rings is 3. The number of fused-ring (bicyclic) bond motifs is 1. The third kappa shape index (κ3) is 3.65. The van der Waals surface area contributed by atoms with Crippen LogP contribution < -0.4 is 9.47 Å². The van der Waals surface area contributed by atoms with Gasteiger partial charge in [0.25, 0.3) is 0 Å². The standard InChI is InChI=1S/C23H22N2O2/c1-17-7-11-20(12-8-17)27-16-15-25-22-6-4-3-5-21(22)24-23(25)18-9-13-19(26-2)14-10-18/h3-14H,15-16H2,1-2H3. The van der Waals surface area contributed by atoms with Gasteiger partial charge in [-0.3, -0.25) is 0 Å². The third-order valence-electron chi connectivity index (χ3n) is 4.61. The predicted octanol–water partition coefficient (Wildman–Crippen LogP) is 5.10. The van der Waals surface area contributed by atoms with E-state index in [1.165, 1.54) is 5.56 Å². The second-order valence-corrected chi connectivity index (χ2v) is 6.47. The van der Waals surface area contributed by atoms with Crippen LogP contribution in [0.1, 0.15) is 5.56 Å². The largest absolute Gasteiger partial charge is 0.497 e. The molecule has 0 fully saturated rings. The van der Waals surface area contributed by atoms with Crippen molar-refractivity contribution in [3.8, 4) is 22.9 Å². The molecule has 4 nitrogen and oxygen atoms in total. The highest BCUT2D eigenvalue weighted by Gasteiger charge is 2.12. The van der Waals surface area contributed by atoms with Crippen LogP contribution in [0.3, 0.4) is 0 Å². The molecule has 0 aliphatic heterocycles. The van der Waals surface area contributed by atoms with Crippen molar-refractivity contribution in [1.82, 2.24) is 9.55 Å². The average molecular weight is 358 g/mol. The van der Waals surface area contributed by atoms with Crippen LogP contribution in [0.2, 0.25) is 0 Å². The maximum Gasteiger partial charge on any atom is 0.141 e. The van der Waals surface area contributed by atoms with E-state index in [1.54, 1.807) is 7.11 Å². The molecule has 4 aromatic rings. The molecule has 27 heavy (non-hydrogen) atoms. The van der Waals surface area contributed by atoms with Crippen molar-refractivity contribution >= 4 is 11.0 Å². The van der Waals surface area contributed by atoms with Crippen molar-refractivity contribution in [2.45, 2.75) is 13.5 Å². The van der Waals surface area contributed by atoms with Crippen LogP contribution in [-0.4, -0.2) is 23.3 Å². The summed E-state index contributed by atoms with van der Waals surface area (Å²) in [6, 6.07) is 24.3. The minimum Gasteiger partial charge on any atom is -0.497 e. The summed E-state index contributed by atoms with van der Waals surface area (Å²) >= 11 is 0. The first-order valence-electron chi connectivity index (χ1n) is 9.04. The summed E-state index contributed by atoms with van der Waals surface area (Å²) in [5.41, 5.74) is 4.38. The lowest BCUT2D eigenvalue weighted by atomic mass is 10.2. The summed E-state index contributed by atoms with van der Waals surface area (Å²) < 4.78 is 13.4. The van der Waals surface area contributed by atoms with Crippen LogP contribution in [0.4, 0.5) is 0 Å². The smallest absolute Gasteiger partial charge is 0.141 e. The molecular weight excluding hydrogens is 336 g/mol. The molecule has 0 N–H and O–H groups in total. The minimum absolute atomic E-state index is 0.576. The van der Waals surface area contributed by atoms with Crippen molar-refractivity contribution < 1.29 is 9.47 Å². The first-order chi connectivity index (χ1) is 13.2. The van der Waals surface area contributed by atoms with Gasteiger partial charge in [0.15, 0.2) is 0 Å². The Balaban J connectivity index is 1.62. The zero-order valence-electron chi connectivity index (χ0n) is 15.6. The maximum absolute atomic E-state index is 5.94. The number of imidazole rings is 1. The molecule has 0 aliphatic carbocycles. The number of aromatic nitrogens is 2. The summed E-state index contributed by atoms with van der Waals surface area (Å²) in [7, 11) is 1.67. The quantitative estimate of drug-likeness (QED) is 0.481. The fourth-order valence-corrected chi connectivity index (χ4v) is 3.15. The Morgan fingerprint density at radius 1 is 0.852 bits per heavy atom. The second kappa shape index (κ2) is 7.54. The van der Waals surface area contributed by atoms with E-state index in [0.29, 0.717) is 6.61 Å². The van der Waals surface area contributed by atoms with Gasteiger partial charge in [-0.05, 0) is 55.5 Å². The highest BCUT2D eigenvalue weighted by Crippen LogP contribution is 2.26. The number of nitrogens with zero attached hydrogens (tertiary/aromatic N) is 2. The third-order valence-corrected chi connectivity index (χ3v) is 4.61. The topological polar surface area (TPSA) is 36.3 Å². The second-order valence-electron chi connectivity index (χ2n) is 6.47. The van der Waals surface area contributed by atoms with Crippen LogP contribution in [-0.2, 0) is 6.54 Å². The Hall–Kier alpha value is -3.27. The summed E-state index contributed by atoms with van der Waals surface area (Å²) in [5.74, 6) is 2.66. The van der Waals surface area contributed by atoms with E-state index >= 15 is 0 Å². The summed E-state index contributed by atoms with van der Waals surface area (Å²) in [5, 5.41) is 0. The first-order valence-corrected chi connectivity index (χ1v) is 9.04. The lowest BCUT2D eigenvalue weighted by Gasteiger charge is -2.11. The van der Waals surface area contributed by atoms with Gasteiger partial charge >= 0.3 is 0 Å². The number of ether oxygens (including phenoxy) is 2. The van der Waals surface area contributed by atoms with E-state index in [1.807, 2.05) is 54.6 Å². The molecule has 0 atom stereocenters. The normalized spacial score (nSPS) is 10.9. The van der Waals surface area contributed by atoms with Crippen molar-refractivity contribution in [2.24, 2.45) is 0 Å². The van der Waals surface area contributed by atoms with Gasteiger partial charge in [-0.1, -0.05) is 29.8 Å². The molecule has 0 saturated carbocycles. The molecule has 1 aromatic heterocycles. The average Bonchev–Trinajstić information content (AvgIpc) is 3.08. The number of hydrogen-bond acceptors (Lipinski definition) is 3. The van der Waals surface area contributed by atoms with Gasteiger partial charge in [-0.2, -0.15) is 0 Å². The van der Waals surface area contributed by atoms with Gasteiger partial charge in [-0.15, -0.1) is 0 Å². The SMILES string of the molecule is COc1ccc(-c2nc3ccccc3n2CCOc2ccc(C)cc2)cc1. The molecule has 0 radical (unpaired) electrons. The lowest BCUT2D eigenvalue weighted by Crippen LogP contribution is -2.09. The molecule has 0 amide bonds. The number of aryl methyl sites for hydroxylation is 1. The molecule has 4 rings (SSSR count). The number of hydrogen-bond donors (Lipinski definition) is 0. The summed E-state index contributed by atoms with van der Waals surface area (Å²) in [6.45, 7) is 3.37. The highest BCUT2D eigenvalue weighted by molar-refractivity contribution is 5.80. The first kappa shape index (κ1) is 17.2. The van der Waals surface area contributed by atoms with Gasteiger partial charge in [0, 0.05) is 5.56 Å². The van der Waals surface area contributed by atoms with Gasteiger partial charge in [0.2, 0.25) is 0 Å². The van der Waals surface area contributed by atoms with Gasteiger partial charge < -0.3 is 14.0 Å². The predicted molar refractivity (Wildman–Crippen MR) is 108 cm³/mol. The highest BCUT2D eigenvalue weighted by atomic mass is 16.5. The lowest BCUT2D eigenvalue weighted by molar-refractivity contribution is 0.301. The van der Waals surface area contributed by atoms with Crippen LogP contribution in [0.15, 0.2) is 72.8 Å². The molecule has 0 unspecified atom stereocenters. The van der Waals surface area contributed by atoms with Crippen LogP contribution >= 0.6 is 0 Å². The van der Waals surface area contributed by atoms with Gasteiger partial charge in [0.05, 0.1) is 24.7 Å². The Kier molecular flexibility index (Phi) is 4.79. The fraction of sp³-hybridized carbons (Fsp3) is 0.174. The summed E-state index contributed by atoms with van der Waals surface area (Å²) in [6.07, 6.45) is 0. The van der Waals surface area contributed by atoms with Crippen molar-refractivity contribution in [3.05, 3.63) is 78.4 Å².